The van der Waals surface area contributed by atoms with E-state index >= 15 is 0 Å². The molecule has 0 unspecified atom stereocenters. The normalized spacial score (nSPS) is 17.9. The molecule has 7 nitrogen and oxygen atoms in total. The van der Waals surface area contributed by atoms with E-state index < -0.39 is 0 Å². The fraction of sp³-hybridized carbons (Fsp3) is 0.500. The van der Waals surface area contributed by atoms with Crippen molar-refractivity contribution in [1.29, 1.82) is 0 Å². The molecule has 7 heteroatoms. The van der Waals surface area contributed by atoms with Crippen molar-refractivity contribution in [3.63, 3.8) is 0 Å². The Bertz CT molecular complexity index is 1290. The van der Waals surface area contributed by atoms with Gasteiger partial charge in [0, 0.05) is 57.2 Å². The van der Waals surface area contributed by atoms with Gasteiger partial charge in [0.1, 0.15) is 18.1 Å². The van der Waals surface area contributed by atoms with E-state index in [0.717, 1.165) is 88.4 Å². The minimum Gasteiger partial charge on any atom is -0.494 e. The number of likely N-dealkylation sites (tertiary alicyclic amines) is 1. The van der Waals surface area contributed by atoms with Crippen LogP contribution in [0.2, 0.25) is 0 Å². The van der Waals surface area contributed by atoms with Crippen LogP contribution in [0, 0.1) is 5.41 Å². The van der Waals surface area contributed by atoms with Crippen LogP contribution >= 0.6 is 0 Å². The number of rotatable bonds is 8. The molecule has 2 aliphatic rings. The van der Waals surface area contributed by atoms with Crippen LogP contribution in [-0.2, 0) is 13.0 Å². The molecule has 5 rings (SSSR count). The number of piperidine rings is 1. The lowest BCUT2D eigenvalue weighted by Crippen LogP contribution is -2.48. The first kappa shape index (κ1) is 31.0. The van der Waals surface area contributed by atoms with Crippen LogP contribution in [-0.4, -0.2) is 85.6 Å². The third-order valence-corrected chi connectivity index (χ3v) is 8.97. The van der Waals surface area contributed by atoms with E-state index in [2.05, 4.69) is 70.2 Å². The van der Waals surface area contributed by atoms with Gasteiger partial charge in [-0.25, -0.2) is 0 Å². The van der Waals surface area contributed by atoms with Gasteiger partial charge in [0.2, 0.25) is 0 Å². The van der Waals surface area contributed by atoms with E-state index in [9.17, 15) is 4.79 Å². The Balaban J connectivity index is 1.25. The van der Waals surface area contributed by atoms with Gasteiger partial charge in [-0.2, -0.15) is 0 Å². The summed E-state index contributed by atoms with van der Waals surface area (Å²) in [5, 5.41) is 0. The van der Waals surface area contributed by atoms with Crippen LogP contribution in [0.15, 0.2) is 73.1 Å². The predicted molar refractivity (Wildman–Crippen MR) is 172 cm³/mol. The Labute approximate surface area is 257 Å². The molecule has 0 saturated carbocycles. The summed E-state index contributed by atoms with van der Waals surface area (Å²) in [6.45, 7) is 6.62. The predicted octanol–water partition coefficient (Wildman–Crippen LogP) is 5.94. The molecule has 1 aromatic heterocycles. The quantitative estimate of drug-likeness (QED) is 0.306. The number of carbonyl (C=O) groups is 1. The van der Waals surface area contributed by atoms with E-state index in [1.165, 1.54) is 24.0 Å². The van der Waals surface area contributed by atoms with Crippen molar-refractivity contribution in [2.24, 2.45) is 5.41 Å². The number of pyridine rings is 1. The highest BCUT2D eigenvalue weighted by molar-refractivity contribution is 5.94. The number of fused-ring (bicyclic) bond motifs is 1. The van der Waals surface area contributed by atoms with E-state index in [-0.39, 0.29) is 11.3 Å². The van der Waals surface area contributed by atoms with Crippen molar-refractivity contribution >= 4 is 5.91 Å². The van der Waals surface area contributed by atoms with Gasteiger partial charge in [0.25, 0.3) is 5.91 Å². The number of amides is 1. The van der Waals surface area contributed by atoms with E-state index in [4.69, 9.17) is 9.47 Å². The molecule has 0 radical (unpaired) electrons. The Morgan fingerprint density at radius 3 is 2.60 bits per heavy atom. The molecule has 2 aromatic carbocycles. The summed E-state index contributed by atoms with van der Waals surface area (Å²) in [4.78, 5) is 24.6. The number of nitrogens with zero attached hydrogens (tertiary/aromatic N) is 4. The Kier molecular flexibility index (Phi) is 11.1. The van der Waals surface area contributed by atoms with Gasteiger partial charge in [0.05, 0.1) is 6.61 Å². The van der Waals surface area contributed by atoms with Gasteiger partial charge < -0.3 is 19.3 Å². The van der Waals surface area contributed by atoms with Gasteiger partial charge in [-0.3, -0.25) is 14.7 Å². The molecule has 230 valence electrons. The number of aromatic nitrogens is 1. The van der Waals surface area contributed by atoms with E-state index in [1.54, 1.807) is 0 Å². The van der Waals surface area contributed by atoms with Gasteiger partial charge in [0.15, 0.2) is 0 Å². The fourth-order valence-corrected chi connectivity index (χ4v) is 6.53. The first-order valence-corrected chi connectivity index (χ1v) is 16.0. The first-order valence-electron chi connectivity index (χ1n) is 16.0. The second kappa shape index (κ2) is 15.3. The molecular weight excluding hydrogens is 536 g/mol. The summed E-state index contributed by atoms with van der Waals surface area (Å²) >= 11 is 0. The van der Waals surface area contributed by atoms with Gasteiger partial charge >= 0.3 is 0 Å². The smallest absolute Gasteiger partial charge is 0.253 e. The van der Waals surface area contributed by atoms with Crippen LogP contribution in [0.5, 0.6) is 11.5 Å². The molecule has 0 atom stereocenters. The third-order valence-electron chi connectivity index (χ3n) is 8.97. The lowest BCUT2D eigenvalue weighted by molar-refractivity contribution is 0.0361. The zero-order valence-corrected chi connectivity index (χ0v) is 26.0. The molecule has 2 aliphatic heterocycles. The van der Waals surface area contributed by atoms with E-state index in [1.807, 2.05) is 36.7 Å². The Morgan fingerprint density at radius 2 is 1.79 bits per heavy atom. The van der Waals surface area contributed by atoms with Crippen LogP contribution in [0.4, 0.5) is 0 Å². The summed E-state index contributed by atoms with van der Waals surface area (Å²) in [6.07, 6.45) is 11.3. The van der Waals surface area contributed by atoms with Gasteiger partial charge in [-0.05, 0) is 106 Å². The minimum absolute atomic E-state index is 0.111. The standard InChI is InChI=1S/C36H48N4O3/c1-38(2)21-8-25-42-33-12-7-11-32(27-33)35(41)40-22-17-36(18-23-40)16-6-5-10-31-9-3-4-13-34(31)43-26-24-39(29-36)28-30-14-19-37-20-15-30/h3-4,7,9,11-15,19-20,27H,5-6,8,10,16-18,21-26,28-29H2,1-2H3. The maximum absolute atomic E-state index is 13.6. The largest absolute Gasteiger partial charge is 0.494 e. The number of carbonyl (C=O) groups excluding carboxylic acids is 1. The SMILES string of the molecule is CN(C)CCCOc1cccc(C(=O)N2CCC3(CCCCc4ccccc4OCCN(Cc4ccncc4)C3)CC2)c1. The maximum Gasteiger partial charge on any atom is 0.253 e. The zero-order chi connectivity index (χ0) is 29.9. The molecule has 1 spiro atoms. The number of aryl methyl sites for hydroxylation is 1. The van der Waals surface area contributed by atoms with Crippen LogP contribution < -0.4 is 9.47 Å². The second-order valence-electron chi connectivity index (χ2n) is 12.6. The Hall–Kier alpha value is -3.42. The van der Waals surface area contributed by atoms with Crippen molar-refractivity contribution in [1.82, 2.24) is 19.7 Å². The highest BCUT2D eigenvalue weighted by Gasteiger charge is 2.37. The average Bonchev–Trinajstić information content (AvgIpc) is 3.02. The summed E-state index contributed by atoms with van der Waals surface area (Å²) in [7, 11) is 4.13. The molecule has 3 aromatic rings. The number of hydrogen-bond acceptors (Lipinski definition) is 6. The van der Waals surface area contributed by atoms with Crippen molar-refractivity contribution in [2.75, 3.05) is 60.0 Å². The Morgan fingerprint density at radius 1 is 0.977 bits per heavy atom. The zero-order valence-electron chi connectivity index (χ0n) is 26.0. The summed E-state index contributed by atoms with van der Waals surface area (Å²) in [6, 6.07) is 20.4. The summed E-state index contributed by atoms with van der Waals surface area (Å²) in [5.41, 5.74) is 3.48. The number of para-hydroxylation sites is 1. The molecule has 1 fully saturated rings. The van der Waals surface area contributed by atoms with Gasteiger partial charge in [-0.1, -0.05) is 30.7 Å². The molecule has 0 bridgehead atoms. The summed E-state index contributed by atoms with van der Waals surface area (Å²) < 4.78 is 12.3. The molecule has 0 N–H and O–H groups in total. The highest BCUT2D eigenvalue weighted by atomic mass is 16.5. The lowest BCUT2D eigenvalue weighted by Gasteiger charge is -2.45. The molecular formula is C36H48N4O3. The third kappa shape index (κ3) is 9.04. The highest BCUT2D eigenvalue weighted by Crippen LogP contribution is 2.39. The van der Waals surface area contributed by atoms with Crippen LogP contribution in [0.1, 0.15) is 60.0 Å². The van der Waals surface area contributed by atoms with Crippen molar-refractivity contribution < 1.29 is 14.3 Å². The monoisotopic (exact) mass is 584 g/mol. The maximum atomic E-state index is 13.6. The molecule has 0 aliphatic carbocycles. The molecule has 1 amide bonds. The number of hydrogen-bond donors (Lipinski definition) is 0. The van der Waals surface area contributed by atoms with Crippen molar-refractivity contribution in [3.8, 4) is 11.5 Å². The number of benzene rings is 2. The fourth-order valence-electron chi connectivity index (χ4n) is 6.53. The second-order valence-corrected chi connectivity index (χ2v) is 12.6. The van der Waals surface area contributed by atoms with Crippen molar-refractivity contribution in [3.05, 3.63) is 89.7 Å². The van der Waals surface area contributed by atoms with Crippen LogP contribution in [0.3, 0.4) is 0 Å². The molecule has 3 heterocycles. The summed E-state index contributed by atoms with van der Waals surface area (Å²) in [5.74, 6) is 1.91. The van der Waals surface area contributed by atoms with Crippen LogP contribution in [0.25, 0.3) is 0 Å². The molecule has 43 heavy (non-hydrogen) atoms. The average molecular weight is 585 g/mol. The number of ether oxygens (including phenoxy) is 2. The first-order chi connectivity index (χ1) is 21.0. The molecule has 1 saturated heterocycles. The van der Waals surface area contributed by atoms with Crippen molar-refractivity contribution in [2.45, 2.75) is 51.5 Å². The minimum atomic E-state index is 0.111. The van der Waals surface area contributed by atoms with E-state index in [0.29, 0.717) is 13.2 Å². The topological polar surface area (TPSA) is 58.1 Å². The lowest BCUT2D eigenvalue weighted by atomic mass is 9.73. The van der Waals surface area contributed by atoms with Gasteiger partial charge in [-0.15, -0.1) is 0 Å².